The van der Waals surface area contributed by atoms with Crippen molar-refractivity contribution in [1.29, 1.82) is 0 Å². The predicted octanol–water partition coefficient (Wildman–Crippen LogP) is 3.25. The maximum Gasteiger partial charge on any atom is 0.269 e. The first-order valence-corrected chi connectivity index (χ1v) is 13.1. The number of hydrogen-bond acceptors (Lipinski definition) is 5. The van der Waals surface area contributed by atoms with E-state index < -0.39 is 27.5 Å². The summed E-state index contributed by atoms with van der Waals surface area (Å²) in [6, 6.07) is 13.1. The lowest BCUT2D eigenvalue weighted by molar-refractivity contribution is -0.141. The van der Waals surface area contributed by atoms with E-state index in [2.05, 4.69) is 5.32 Å². The maximum atomic E-state index is 13.3. The second-order valence-corrected chi connectivity index (χ2v) is 11.7. The van der Waals surface area contributed by atoms with E-state index in [1.807, 2.05) is 52.0 Å². The highest BCUT2D eigenvalue weighted by molar-refractivity contribution is 7.90. The molecule has 1 aliphatic rings. The molecule has 1 aliphatic heterocycles. The Kier molecular flexibility index (Phi) is 7.69. The first-order valence-electron chi connectivity index (χ1n) is 11.6. The van der Waals surface area contributed by atoms with Crippen LogP contribution in [0.5, 0.6) is 0 Å². The number of carbonyl (C=O) groups excluding carboxylic acids is 3. The van der Waals surface area contributed by atoms with Crippen molar-refractivity contribution < 1.29 is 22.8 Å². The van der Waals surface area contributed by atoms with Crippen LogP contribution in [0.1, 0.15) is 62.0 Å². The van der Waals surface area contributed by atoms with Crippen molar-refractivity contribution in [2.24, 2.45) is 0 Å². The molecule has 0 saturated carbocycles. The smallest absolute Gasteiger partial charge is 0.269 e. The lowest BCUT2D eigenvalue weighted by Gasteiger charge is -2.31. The van der Waals surface area contributed by atoms with Crippen molar-refractivity contribution in [3.05, 3.63) is 65.2 Å². The molecule has 9 heteroatoms. The number of rotatable bonds is 8. The number of nitrogens with zero attached hydrogens (tertiary/aromatic N) is 2. The van der Waals surface area contributed by atoms with E-state index in [9.17, 15) is 22.8 Å². The third kappa shape index (κ3) is 6.08. The molecule has 1 atom stereocenters. The van der Waals surface area contributed by atoms with Crippen LogP contribution in [0.3, 0.4) is 0 Å². The number of aryl methyl sites for hydroxylation is 1. The van der Waals surface area contributed by atoms with Gasteiger partial charge in [0.15, 0.2) is 0 Å². The molecule has 0 unspecified atom stereocenters. The monoisotopic (exact) mass is 499 g/mol. The minimum Gasteiger partial charge on any atom is -0.350 e. The van der Waals surface area contributed by atoms with Crippen LogP contribution in [0.2, 0.25) is 0 Å². The van der Waals surface area contributed by atoms with E-state index in [-0.39, 0.29) is 48.2 Å². The molecule has 8 nitrogen and oxygen atoms in total. The largest absolute Gasteiger partial charge is 0.350 e. The highest BCUT2D eigenvalue weighted by atomic mass is 32.2. The quantitative estimate of drug-likeness (QED) is 0.601. The Bertz CT molecular complexity index is 1230. The standard InChI is InChI=1S/C26H33N3O5S/c1-18-10-8-11-20(16-18)17-28(19(2)24(31)27-26(3,4)5)23(30)14-9-15-29-25(32)21-12-6-7-13-22(21)35(29,33)34/h6-8,10-13,16,19H,9,14-15,17H2,1-5H3,(H,27,31)/t19-/m1/s1. The molecule has 0 radical (unpaired) electrons. The second kappa shape index (κ2) is 10.2. The zero-order chi connectivity index (χ0) is 26.0. The van der Waals surface area contributed by atoms with Gasteiger partial charge in [0.2, 0.25) is 11.8 Å². The predicted molar refractivity (Wildman–Crippen MR) is 133 cm³/mol. The number of hydrogen-bond donors (Lipinski definition) is 1. The number of nitrogens with one attached hydrogen (secondary N) is 1. The van der Waals surface area contributed by atoms with Gasteiger partial charge in [0.25, 0.3) is 15.9 Å². The summed E-state index contributed by atoms with van der Waals surface area (Å²) >= 11 is 0. The molecule has 1 heterocycles. The Morgan fingerprint density at radius 2 is 1.77 bits per heavy atom. The highest BCUT2D eigenvalue weighted by Crippen LogP contribution is 2.30. The molecule has 0 aliphatic carbocycles. The van der Waals surface area contributed by atoms with E-state index in [0.717, 1.165) is 15.4 Å². The van der Waals surface area contributed by atoms with Gasteiger partial charge in [0.1, 0.15) is 10.9 Å². The summed E-state index contributed by atoms with van der Waals surface area (Å²) in [5.41, 5.74) is 1.62. The molecule has 35 heavy (non-hydrogen) atoms. The molecule has 0 bridgehead atoms. The number of carbonyl (C=O) groups is 3. The topological polar surface area (TPSA) is 104 Å². The normalized spacial score (nSPS) is 15.5. The van der Waals surface area contributed by atoms with Crippen LogP contribution in [-0.4, -0.2) is 53.5 Å². The third-order valence-corrected chi connectivity index (χ3v) is 7.61. The van der Waals surface area contributed by atoms with Gasteiger partial charge in [0, 0.05) is 25.0 Å². The van der Waals surface area contributed by atoms with Crippen molar-refractivity contribution in [1.82, 2.24) is 14.5 Å². The summed E-state index contributed by atoms with van der Waals surface area (Å²) in [7, 11) is -3.92. The first-order chi connectivity index (χ1) is 16.3. The Hall–Kier alpha value is -3.20. The molecule has 0 saturated heterocycles. The molecule has 188 valence electrons. The summed E-state index contributed by atoms with van der Waals surface area (Å²) in [5, 5.41) is 2.91. The second-order valence-electron chi connectivity index (χ2n) is 9.91. The average molecular weight is 500 g/mol. The van der Waals surface area contributed by atoms with Gasteiger partial charge in [-0.15, -0.1) is 0 Å². The summed E-state index contributed by atoms with van der Waals surface area (Å²) in [6.07, 6.45) is 0.143. The van der Waals surface area contributed by atoms with E-state index in [0.29, 0.717) is 0 Å². The Morgan fingerprint density at radius 3 is 2.40 bits per heavy atom. The highest BCUT2D eigenvalue weighted by Gasteiger charge is 2.40. The maximum absolute atomic E-state index is 13.3. The van der Waals surface area contributed by atoms with E-state index >= 15 is 0 Å². The summed E-state index contributed by atoms with van der Waals surface area (Å²) in [5.74, 6) is -1.14. The molecule has 3 amide bonds. The van der Waals surface area contributed by atoms with Crippen molar-refractivity contribution in [3.8, 4) is 0 Å². The Labute approximate surface area is 207 Å². The fourth-order valence-corrected chi connectivity index (χ4v) is 5.64. The first kappa shape index (κ1) is 26.4. The molecule has 3 rings (SSSR count). The van der Waals surface area contributed by atoms with E-state index in [1.54, 1.807) is 19.1 Å². The molecule has 0 aromatic heterocycles. The van der Waals surface area contributed by atoms with Crippen LogP contribution < -0.4 is 5.32 Å². The van der Waals surface area contributed by atoms with Crippen LogP contribution in [0.4, 0.5) is 0 Å². The van der Waals surface area contributed by atoms with Crippen LogP contribution in [0.15, 0.2) is 53.4 Å². The Balaban J connectivity index is 1.73. The molecule has 2 aromatic rings. The van der Waals surface area contributed by atoms with Gasteiger partial charge in [-0.3, -0.25) is 14.4 Å². The summed E-state index contributed by atoms with van der Waals surface area (Å²) in [6.45, 7) is 9.38. The van der Waals surface area contributed by atoms with Crippen molar-refractivity contribution >= 4 is 27.7 Å². The number of amides is 3. The minimum atomic E-state index is -3.92. The third-order valence-electron chi connectivity index (χ3n) is 5.76. The molecule has 0 spiro atoms. The van der Waals surface area contributed by atoms with Crippen LogP contribution >= 0.6 is 0 Å². The number of fused-ring (bicyclic) bond motifs is 1. The molecule has 1 N–H and O–H groups in total. The van der Waals surface area contributed by atoms with Crippen LogP contribution in [-0.2, 0) is 26.2 Å². The fraction of sp³-hybridized carbons (Fsp3) is 0.423. The minimum absolute atomic E-state index is 0.00536. The Morgan fingerprint density at radius 1 is 1.09 bits per heavy atom. The number of sulfonamides is 1. The van der Waals surface area contributed by atoms with E-state index in [1.165, 1.54) is 17.0 Å². The van der Waals surface area contributed by atoms with Crippen molar-refractivity contribution in [2.75, 3.05) is 6.54 Å². The molecule has 2 aromatic carbocycles. The van der Waals surface area contributed by atoms with Gasteiger partial charge in [-0.2, -0.15) is 0 Å². The van der Waals surface area contributed by atoms with Crippen molar-refractivity contribution in [2.45, 2.75) is 70.5 Å². The summed E-state index contributed by atoms with van der Waals surface area (Å²) < 4.78 is 26.4. The number of benzene rings is 2. The SMILES string of the molecule is Cc1cccc(CN(C(=O)CCCN2C(=O)c3ccccc3S2(=O)=O)[C@H](C)C(=O)NC(C)(C)C)c1. The lowest BCUT2D eigenvalue weighted by Crippen LogP contribution is -2.52. The average Bonchev–Trinajstić information content (AvgIpc) is 2.96. The van der Waals surface area contributed by atoms with Gasteiger partial charge in [-0.05, 0) is 58.7 Å². The molecular weight excluding hydrogens is 466 g/mol. The van der Waals surface area contributed by atoms with E-state index in [4.69, 9.17) is 0 Å². The summed E-state index contributed by atoms with van der Waals surface area (Å²) in [4.78, 5) is 40.3. The van der Waals surface area contributed by atoms with Gasteiger partial charge in [-0.1, -0.05) is 42.0 Å². The van der Waals surface area contributed by atoms with Crippen molar-refractivity contribution in [3.63, 3.8) is 0 Å². The van der Waals surface area contributed by atoms with Gasteiger partial charge in [-0.25, -0.2) is 12.7 Å². The zero-order valence-corrected chi connectivity index (χ0v) is 21.7. The van der Waals surface area contributed by atoms with Crippen LogP contribution in [0, 0.1) is 6.92 Å². The lowest BCUT2D eigenvalue weighted by atomic mass is 10.1. The van der Waals surface area contributed by atoms with Gasteiger partial charge < -0.3 is 10.2 Å². The van der Waals surface area contributed by atoms with Gasteiger partial charge in [0.05, 0.1) is 5.56 Å². The van der Waals surface area contributed by atoms with Crippen LogP contribution in [0.25, 0.3) is 0 Å². The zero-order valence-electron chi connectivity index (χ0n) is 20.9. The molecular formula is C26H33N3O5S. The van der Waals surface area contributed by atoms with Gasteiger partial charge >= 0.3 is 0 Å². The molecule has 0 fully saturated rings. The fourth-order valence-electron chi connectivity index (χ4n) is 4.03.